The van der Waals surface area contributed by atoms with Crippen LogP contribution in [0, 0.1) is 13.8 Å². The van der Waals surface area contributed by atoms with Crippen LogP contribution in [-0.4, -0.2) is 17.0 Å². The average Bonchev–Trinajstić information content (AvgIpc) is 2.94. The van der Waals surface area contributed by atoms with Crippen LogP contribution < -0.4 is 4.90 Å². The third kappa shape index (κ3) is 2.51. The maximum absolute atomic E-state index is 4.49. The van der Waals surface area contributed by atoms with Crippen LogP contribution in [0.2, 0.25) is 0 Å². The van der Waals surface area contributed by atoms with Gasteiger partial charge in [0, 0.05) is 7.05 Å². The standard InChI is InChI=1S/C17H19N3S/c1-11-5-6-14(12(2)9-11)13(3)20(4)16-15-7-8-21-17(15)19-10-18-16/h5-10,13H,1-4H3. The summed E-state index contributed by atoms with van der Waals surface area (Å²) in [5.74, 6) is 0.994. The quantitative estimate of drug-likeness (QED) is 0.712. The van der Waals surface area contributed by atoms with Crippen molar-refractivity contribution in [1.82, 2.24) is 9.97 Å². The van der Waals surface area contributed by atoms with E-state index in [9.17, 15) is 0 Å². The summed E-state index contributed by atoms with van der Waals surface area (Å²) < 4.78 is 0. The van der Waals surface area contributed by atoms with Crippen LogP contribution in [-0.2, 0) is 0 Å². The predicted octanol–water partition coefficient (Wildman–Crippen LogP) is 4.51. The zero-order valence-electron chi connectivity index (χ0n) is 12.8. The summed E-state index contributed by atoms with van der Waals surface area (Å²) >= 11 is 1.65. The lowest BCUT2D eigenvalue weighted by Crippen LogP contribution is -2.23. The highest BCUT2D eigenvalue weighted by atomic mass is 32.1. The third-order valence-corrected chi connectivity index (χ3v) is 4.85. The Labute approximate surface area is 129 Å². The van der Waals surface area contributed by atoms with Gasteiger partial charge in [0.2, 0.25) is 0 Å². The molecule has 0 aliphatic rings. The summed E-state index contributed by atoms with van der Waals surface area (Å²) in [6.45, 7) is 6.52. The highest BCUT2D eigenvalue weighted by Gasteiger charge is 2.18. The van der Waals surface area contributed by atoms with E-state index in [2.05, 4.69) is 72.3 Å². The second kappa shape index (κ2) is 5.45. The maximum Gasteiger partial charge on any atom is 0.141 e. The van der Waals surface area contributed by atoms with Crippen molar-refractivity contribution in [2.45, 2.75) is 26.8 Å². The van der Waals surface area contributed by atoms with Gasteiger partial charge in [-0.3, -0.25) is 0 Å². The van der Waals surface area contributed by atoms with Crippen LogP contribution in [0.5, 0.6) is 0 Å². The Hall–Kier alpha value is -1.94. The zero-order valence-corrected chi connectivity index (χ0v) is 13.6. The second-order valence-electron chi connectivity index (χ2n) is 5.48. The van der Waals surface area contributed by atoms with E-state index in [1.807, 2.05) is 0 Å². The van der Waals surface area contributed by atoms with E-state index in [1.165, 1.54) is 16.7 Å². The third-order valence-electron chi connectivity index (χ3n) is 4.03. The summed E-state index contributed by atoms with van der Waals surface area (Å²) in [7, 11) is 2.10. The normalized spacial score (nSPS) is 12.6. The van der Waals surface area contributed by atoms with Gasteiger partial charge in [-0.25, -0.2) is 9.97 Å². The van der Waals surface area contributed by atoms with Gasteiger partial charge >= 0.3 is 0 Å². The fraction of sp³-hybridized carbons (Fsp3) is 0.294. The molecule has 0 aliphatic heterocycles. The number of aryl methyl sites for hydroxylation is 2. The van der Waals surface area contributed by atoms with E-state index in [-0.39, 0.29) is 6.04 Å². The minimum atomic E-state index is 0.267. The number of thiophene rings is 1. The number of benzene rings is 1. The van der Waals surface area contributed by atoms with Crippen molar-refractivity contribution in [2.75, 3.05) is 11.9 Å². The Balaban J connectivity index is 2.01. The summed E-state index contributed by atoms with van der Waals surface area (Å²) in [4.78, 5) is 12.1. The predicted molar refractivity (Wildman–Crippen MR) is 90.1 cm³/mol. The molecular formula is C17H19N3S. The first-order valence-corrected chi connectivity index (χ1v) is 7.94. The van der Waals surface area contributed by atoms with Crippen molar-refractivity contribution in [2.24, 2.45) is 0 Å². The smallest absolute Gasteiger partial charge is 0.141 e. The van der Waals surface area contributed by atoms with Gasteiger partial charge in [0.05, 0.1) is 11.4 Å². The van der Waals surface area contributed by atoms with Gasteiger partial charge in [0.25, 0.3) is 0 Å². The molecule has 3 rings (SSSR count). The molecule has 1 atom stereocenters. The topological polar surface area (TPSA) is 29.0 Å². The molecule has 0 bridgehead atoms. The fourth-order valence-corrected chi connectivity index (χ4v) is 3.47. The van der Waals surface area contributed by atoms with Crippen LogP contribution in [0.1, 0.15) is 29.7 Å². The maximum atomic E-state index is 4.49. The molecule has 1 unspecified atom stereocenters. The van der Waals surface area contributed by atoms with Crippen molar-refractivity contribution in [3.63, 3.8) is 0 Å². The molecule has 21 heavy (non-hydrogen) atoms. The Morgan fingerprint density at radius 1 is 1.14 bits per heavy atom. The summed E-state index contributed by atoms with van der Waals surface area (Å²) in [6.07, 6.45) is 1.65. The van der Waals surface area contributed by atoms with Crippen LogP contribution in [0.15, 0.2) is 36.0 Å². The lowest BCUT2D eigenvalue weighted by Gasteiger charge is -2.28. The SMILES string of the molecule is Cc1ccc(C(C)N(C)c2ncnc3sccc23)c(C)c1. The number of anilines is 1. The number of hydrogen-bond donors (Lipinski definition) is 0. The molecular weight excluding hydrogens is 278 g/mol. The van der Waals surface area contributed by atoms with Crippen molar-refractivity contribution in [3.8, 4) is 0 Å². The molecule has 0 aliphatic carbocycles. The van der Waals surface area contributed by atoms with Crippen molar-refractivity contribution >= 4 is 27.4 Å². The lowest BCUT2D eigenvalue weighted by molar-refractivity contribution is 0.726. The van der Waals surface area contributed by atoms with Gasteiger partial charge in [0.15, 0.2) is 0 Å². The van der Waals surface area contributed by atoms with E-state index < -0.39 is 0 Å². The van der Waals surface area contributed by atoms with Gasteiger partial charge in [-0.15, -0.1) is 11.3 Å². The lowest BCUT2D eigenvalue weighted by atomic mass is 9.99. The van der Waals surface area contributed by atoms with E-state index >= 15 is 0 Å². The number of aromatic nitrogens is 2. The molecule has 3 aromatic rings. The largest absolute Gasteiger partial charge is 0.352 e. The number of fused-ring (bicyclic) bond motifs is 1. The zero-order chi connectivity index (χ0) is 15.0. The summed E-state index contributed by atoms with van der Waals surface area (Å²) in [5, 5.41) is 3.19. The van der Waals surface area contributed by atoms with Gasteiger partial charge in [-0.2, -0.15) is 0 Å². The van der Waals surface area contributed by atoms with Crippen LogP contribution >= 0.6 is 11.3 Å². The number of rotatable bonds is 3. The molecule has 0 saturated carbocycles. The fourth-order valence-electron chi connectivity index (χ4n) is 2.74. The molecule has 2 heterocycles. The Bertz CT molecular complexity index is 779. The Kier molecular flexibility index (Phi) is 3.64. The highest BCUT2D eigenvalue weighted by molar-refractivity contribution is 7.16. The van der Waals surface area contributed by atoms with Gasteiger partial charge in [-0.1, -0.05) is 23.8 Å². The van der Waals surface area contributed by atoms with Gasteiger partial charge in [-0.05, 0) is 43.3 Å². The molecule has 0 saturated heterocycles. The molecule has 2 aromatic heterocycles. The summed E-state index contributed by atoms with van der Waals surface area (Å²) in [5.41, 5.74) is 3.96. The van der Waals surface area contributed by atoms with Crippen molar-refractivity contribution < 1.29 is 0 Å². The Morgan fingerprint density at radius 2 is 1.95 bits per heavy atom. The molecule has 3 nitrogen and oxygen atoms in total. The molecule has 108 valence electrons. The highest BCUT2D eigenvalue weighted by Crippen LogP contribution is 2.32. The average molecular weight is 297 g/mol. The molecule has 0 spiro atoms. The van der Waals surface area contributed by atoms with Gasteiger partial charge in [0.1, 0.15) is 17.0 Å². The second-order valence-corrected chi connectivity index (χ2v) is 6.38. The Morgan fingerprint density at radius 3 is 2.71 bits per heavy atom. The van der Waals surface area contributed by atoms with E-state index in [0.29, 0.717) is 0 Å². The van der Waals surface area contributed by atoms with Crippen LogP contribution in [0.3, 0.4) is 0 Å². The first kappa shape index (κ1) is 14.0. The molecule has 4 heteroatoms. The van der Waals surface area contributed by atoms with E-state index in [4.69, 9.17) is 0 Å². The van der Waals surface area contributed by atoms with Crippen molar-refractivity contribution in [3.05, 3.63) is 52.7 Å². The van der Waals surface area contributed by atoms with E-state index in [0.717, 1.165) is 16.0 Å². The van der Waals surface area contributed by atoms with Crippen LogP contribution in [0.4, 0.5) is 5.82 Å². The number of nitrogens with zero attached hydrogens (tertiary/aromatic N) is 3. The number of hydrogen-bond acceptors (Lipinski definition) is 4. The molecule has 0 amide bonds. The van der Waals surface area contributed by atoms with Crippen molar-refractivity contribution in [1.29, 1.82) is 0 Å². The van der Waals surface area contributed by atoms with Crippen LogP contribution in [0.25, 0.3) is 10.2 Å². The molecule has 1 aromatic carbocycles. The molecule has 0 radical (unpaired) electrons. The monoisotopic (exact) mass is 297 g/mol. The first-order chi connectivity index (χ1) is 10.1. The molecule has 0 N–H and O–H groups in total. The van der Waals surface area contributed by atoms with E-state index in [1.54, 1.807) is 17.7 Å². The minimum absolute atomic E-state index is 0.267. The van der Waals surface area contributed by atoms with Gasteiger partial charge < -0.3 is 4.90 Å². The minimum Gasteiger partial charge on any atom is -0.352 e. The molecule has 0 fully saturated rings. The first-order valence-electron chi connectivity index (χ1n) is 7.06. The summed E-state index contributed by atoms with van der Waals surface area (Å²) in [6, 6.07) is 8.99.